The van der Waals surface area contributed by atoms with Crippen LogP contribution in [0.15, 0.2) is 103 Å². The van der Waals surface area contributed by atoms with E-state index in [2.05, 4.69) is 26.8 Å². The number of carbonyl (C=O) groups is 1. The molecule has 39 heavy (non-hydrogen) atoms. The predicted octanol–water partition coefficient (Wildman–Crippen LogP) is 5.45. The van der Waals surface area contributed by atoms with E-state index in [-0.39, 0.29) is 29.7 Å². The molecule has 0 saturated heterocycles. The molecule has 3 N–H and O–H groups in total. The number of amides is 1. The van der Waals surface area contributed by atoms with Crippen molar-refractivity contribution in [1.29, 1.82) is 5.41 Å². The van der Waals surface area contributed by atoms with Gasteiger partial charge in [-0.3, -0.25) is 20.2 Å². The third-order valence-corrected chi connectivity index (χ3v) is 6.31. The molecule has 0 spiro atoms. The van der Waals surface area contributed by atoms with Crippen LogP contribution in [0.4, 0.5) is 11.5 Å². The standard InChI is InChI=1S/C29H23ClN8O/c1-33-28-25(16-36-38(28)24-4-2-3-21(15-24)27(31)32)29(39)37(23-11-9-22(30)10-12-23)18-19-5-7-20(8-6-19)26-17-34-13-14-35-26/h2-17H,1,18H2,(H3,31,32). The summed E-state index contributed by atoms with van der Waals surface area (Å²) in [6.45, 7) is 3.96. The summed E-state index contributed by atoms with van der Waals surface area (Å²) in [6.07, 6.45) is 6.44. The Balaban J connectivity index is 1.50. The van der Waals surface area contributed by atoms with Crippen LogP contribution >= 0.6 is 11.6 Å². The molecule has 0 bridgehead atoms. The maximum absolute atomic E-state index is 14.0. The Kier molecular flexibility index (Phi) is 7.24. The summed E-state index contributed by atoms with van der Waals surface area (Å²) in [6, 6.07) is 21.8. The van der Waals surface area contributed by atoms with Crippen LogP contribution in [-0.2, 0) is 6.54 Å². The minimum absolute atomic E-state index is 0.0762. The SMILES string of the molecule is C=Nc1c(C(=O)N(Cc2ccc(-c3cnccn3)cc2)c2ccc(Cl)cc2)cnn1-c1cccc(C(=N)N)c1. The number of rotatable bonds is 8. The van der Waals surface area contributed by atoms with Crippen molar-refractivity contribution < 1.29 is 4.79 Å². The van der Waals surface area contributed by atoms with Crippen molar-refractivity contribution in [3.05, 3.63) is 119 Å². The molecular formula is C29H23ClN8O. The van der Waals surface area contributed by atoms with Gasteiger partial charge in [0.15, 0.2) is 5.82 Å². The van der Waals surface area contributed by atoms with Crippen LogP contribution in [0.2, 0.25) is 5.02 Å². The second-order valence-corrected chi connectivity index (χ2v) is 9.01. The van der Waals surface area contributed by atoms with Gasteiger partial charge >= 0.3 is 0 Å². The van der Waals surface area contributed by atoms with Crippen LogP contribution in [0.3, 0.4) is 0 Å². The molecule has 9 nitrogen and oxygen atoms in total. The molecule has 192 valence electrons. The van der Waals surface area contributed by atoms with Crippen LogP contribution < -0.4 is 10.6 Å². The highest BCUT2D eigenvalue weighted by Gasteiger charge is 2.25. The van der Waals surface area contributed by atoms with Gasteiger partial charge in [0.05, 0.1) is 30.3 Å². The van der Waals surface area contributed by atoms with Gasteiger partial charge < -0.3 is 10.6 Å². The van der Waals surface area contributed by atoms with E-state index in [0.717, 1.165) is 16.8 Å². The highest BCUT2D eigenvalue weighted by Crippen LogP contribution is 2.29. The largest absolute Gasteiger partial charge is 0.384 e. The summed E-state index contributed by atoms with van der Waals surface area (Å²) in [5.41, 5.74) is 10.3. The number of nitrogens with two attached hydrogens (primary N) is 1. The fourth-order valence-electron chi connectivity index (χ4n) is 4.10. The molecular weight excluding hydrogens is 512 g/mol. The Labute approximate surface area is 229 Å². The molecule has 0 aliphatic heterocycles. The number of nitrogens with one attached hydrogen (secondary N) is 1. The summed E-state index contributed by atoms with van der Waals surface area (Å²) in [5.74, 6) is -0.114. The first-order chi connectivity index (χ1) is 18.9. The fourth-order valence-corrected chi connectivity index (χ4v) is 4.22. The summed E-state index contributed by atoms with van der Waals surface area (Å²) in [4.78, 5) is 28.2. The Hall–Kier alpha value is -5.15. The van der Waals surface area contributed by atoms with Crippen molar-refractivity contribution in [1.82, 2.24) is 19.7 Å². The van der Waals surface area contributed by atoms with Crippen molar-refractivity contribution in [2.45, 2.75) is 6.54 Å². The average Bonchev–Trinajstić information content (AvgIpc) is 3.41. The zero-order valence-electron chi connectivity index (χ0n) is 20.7. The normalized spacial score (nSPS) is 10.7. The molecule has 0 aliphatic carbocycles. The highest BCUT2D eigenvalue weighted by atomic mass is 35.5. The lowest BCUT2D eigenvalue weighted by atomic mass is 10.1. The smallest absolute Gasteiger partial charge is 0.264 e. The van der Waals surface area contributed by atoms with E-state index in [4.69, 9.17) is 22.7 Å². The predicted molar refractivity (Wildman–Crippen MR) is 153 cm³/mol. The third kappa shape index (κ3) is 5.43. The molecule has 3 aromatic carbocycles. The number of hydrogen-bond donors (Lipinski definition) is 2. The quantitative estimate of drug-likeness (QED) is 0.202. The van der Waals surface area contributed by atoms with Gasteiger partial charge in [-0.05, 0) is 48.7 Å². The van der Waals surface area contributed by atoms with Gasteiger partial charge in [-0.15, -0.1) is 0 Å². The summed E-state index contributed by atoms with van der Waals surface area (Å²) in [5, 5.41) is 12.7. The van der Waals surface area contributed by atoms with E-state index in [1.165, 1.54) is 10.9 Å². The third-order valence-electron chi connectivity index (χ3n) is 6.06. The zero-order chi connectivity index (χ0) is 27.4. The van der Waals surface area contributed by atoms with Crippen LogP contribution in [0.1, 0.15) is 21.5 Å². The number of nitrogens with zero attached hydrogens (tertiary/aromatic N) is 6. The van der Waals surface area contributed by atoms with Gasteiger partial charge in [0, 0.05) is 34.2 Å². The van der Waals surface area contributed by atoms with E-state index in [0.29, 0.717) is 22.0 Å². The lowest BCUT2D eigenvalue weighted by Gasteiger charge is -2.23. The van der Waals surface area contributed by atoms with E-state index < -0.39 is 0 Å². The van der Waals surface area contributed by atoms with Crippen molar-refractivity contribution in [3.8, 4) is 16.9 Å². The number of benzene rings is 3. The van der Waals surface area contributed by atoms with Crippen LogP contribution in [-0.4, -0.2) is 38.2 Å². The van der Waals surface area contributed by atoms with Crippen molar-refractivity contribution in [2.75, 3.05) is 4.90 Å². The van der Waals surface area contributed by atoms with Gasteiger partial charge in [0.2, 0.25) is 0 Å². The molecule has 0 radical (unpaired) electrons. The Bertz CT molecular complexity index is 1650. The Morgan fingerprint density at radius 1 is 1.05 bits per heavy atom. The number of aromatic nitrogens is 4. The second-order valence-electron chi connectivity index (χ2n) is 8.57. The van der Waals surface area contributed by atoms with Gasteiger partial charge in [0.25, 0.3) is 5.91 Å². The first kappa shape index (κ1) is 25.5. The molecule has 5 rings (SSSR count). The van der Waals surface area contributed by atoms with Gasteiger partial charge in [-0.25, -0.2) is 9.67 Å². The monoisotopic (exact) mass is 534 g/mol. The lowest BCUT2D eigenvalue weighted by Crippen LogP contribution is -2.30. The minimum Gasteiger partial charge on any atom is -0.384 e. The Morgan fingerprint density at radius 2 is 1.82 bits per heavy atom. The summed E-state index contributed by atoms with van der Waals surface area (Å²) >= 11 is 6.13. The zero-order valence-corrected chi connectivity index (χ0v) is 21.5. The van der Waals surface area contributed by atoms with Crippen LogP contribution in [0, 0.1) is 5.41 Å². The molecule has 0 fully saturated rings. The second kappa shape index (κ2) is 11.1. The van der Waals surface area contributed by atoms with E-state index >= 15 is 0 Å². The molecule has 5 aromatic rings. The number of carbonyl (C=O) groups excluding carboxylic acids is 1. The van der Waals surface area contributed by atoms with Gasteiger partial charge in [-0.1, -0.05) is 48.0 Å². The van der Waals surface area contributed by atoms with Gasteiger partial charge in [0.1, 0.15) is 11.4 Å². The molecule has 0 unspecified atom stereocenters. The number of amidine groups is 1. The molecule has 1 amide bonds. The van der Waals surface area contributed by atoms with E-state index in [1.54, 1.807) is 72.0 Å². The molecule has 0 saturated carbocycles. The summed E-state index contributed by atoms with van der Waals surface area (Å²) < 4.78 is 1.50. The molecule has 2 heterocycles. The van der Waals surface area contributed by atoms with Gasteiger partial charge in [-0.2, -0.15) is 5.10 Å². The van der Waals surface area contributed by atoms with Crippen LogP contribution in [0.5, 0.6) is 0 Å². The summed E-state index contributed by atoms with van der Waals surface area (Å²) in [7, 11) is 0. The maximum atomic E-state index is 14.0. The molecule has 0 atom stereocenters. The number of halogens is 1. The fraction of sp³-hybridized carbons (Fsp3) is 0.0345. The lowest BCUT2D eigenvalue weighted by molar-refractivity contribution is 0.0986. The van der Waals surface area contributed by atoms with Crippen LogP contribution in [0.25, 0.3) is 16.9 Å². The van der Waals surface area contributed by atoms with Crippen molar-refractivity contribution in [3.63, 3.8) is 0 Å². The van der Waals surface area contributed by atoms with Crippen molar-refractivity contribution in [2.24, 2.45) is 10.7 Å². The first-order valence-corrected chi connectivity index (χ1v) is 12.2. The number of hydrogen-bond acceptors (Lipinski definition) is 6. The van der Waals surface area contributed by atoms with Crippen molar-refractivity contribution >= 4 is 41.6 Å². The molecule has 10 heteroatoms. The maximum Gasteiger partial charge on any atom is 0.264 e. The highest BCUT2D eigenvalue weighted by molar-refractivity contribution is 6.30. The minimum atomic E-state index is -0.313. The van der Waals surface area contributed by atoms with E-state index in [9.17, 15) is 4.79 Å². The number of anilines is 1. The molecule has 0 aliphatic rings. The average molecular weight is 535 g/mol. The van der Waals surface area contributed by atoms with E-state index in [1.807, 2.05) is 24.3 Å². The first-order valence-electron chi connectivity index (χ1n) is 11.9. The topological polar surface area (TPSA) is 126 Å². The molecule has 2 aromatic heterocycles. The number of nitrogen functional groups attached to an aromatic ring is 1. The number of aliphatic imine (C=N–C) groups is 1. The Morgan fingerprint density at radius 3 is 2.49 bits per heavy atom.